The third-order valence-electron chi connectivity index (χ3n) is 2.89. The largest absolute Gasteiger partial charge is 0.465 e. The van der Waals surface area contributed by atoms with E-state index in [1.165, 1.54) is 0 Å². The maximum Gasteiger partial charge on any atom is 0.309 e. The molecule has 1 aromatic rings. The number of carbonyl (C=O) groups is 1. The molecule has 1 aliphatic rings. The minimum absolute atomic E-state index is 0.0514. The van der Waals surface area contributed by atoms with E-state index in [2.05, 4.69) is 10.2 Å². The highest BCUT2D eigenvalue weighted by atomic mass is 16.5. The SMILES string of the molecule is CCC1C(=O)OCC1Cc1ccnnc1. The van der Waals surface area contributed by atoms with Gasteiger partial charge >= 0.3 is 5.97 Å². The van der Waals surface area contributed by atoms with E-state index in [-0.39, 0.29) is 11.9 Å². The predicted molar refractivity (Wildman–Crippen MR) is 54.0 cm³/mol. The van der Waals surface area contributed by atoms with Crippen molar-refractivity contribution < 1.29 is 9.53 Å². The van der Waals surface area contributed by atoms with Crippen LogP contribution in [0.1, 0.15) is 18.9 Å². The molecule has 0 amide bonds. The Bertz CT molecular complexity index is 340. The van der Waals surface area contributed by atoms with Crippen LogP contribution in [0.2, 0.25) is 0 Å². The van der Waals surface area contributed by atoms with E-state index in [1.54, 1.807) is 12.4 Å². The van der Waals surface area contributed by atoms with Gasteiger partial charge in [-0.3, -0.25) is 4.79 Å². The molecule has 15 heavy (non-hydrogen) atoms. The highest BCUT2D eigenvalue weighted by Gasteiger charge is 2.35. The fourth-order valence-corrected chi connectivity index (χ4v) is 2.05. The molecule has 80 valence electrons. The molecule has 0 bridgehead atoms. The third-order valence-corrected chi connectivity index (χ3v) is 2.89. The Kier molecular flexibility index (Phi) is 2.94. The van der Waals surface area contributed by atoms with Gasteiger partial charge in [0.05, 0.1) is 18.7 Å². The molecule has 2 unspecified atom stereocenters. The molecule has 4 heteroatoms. The van der Waals surface area contributed by atoms with E-state index in [0.29, 0.717) is 12.5 Å². The summed E-state index contributed by atoms with van der Waals surface area (Å²) in [5, 5.41) is 7.55. The molecule has 4 nitrogen and oxygen atoms in total. The van der Waals surface area contributed by atoms with E-state index in [1.807, 2.05) is 13.0 Å². The zero-order chi connectivity index (χ0) is 10.7. The monoisotopic (exact) mass is 206 g/mol. The molecule has 0 N–H and O–H groups in total. The zero-order valence-corrected chi connectivity index (χ0v) is 8.72. The fourth-order valence-electron chi connectivity index (χ4n) is 2.05. The van der Waals surface area contributed by atoms with Crippen molar-refractivity contribution in [1.82, 2.24) is 10.2 Å². The molecule has 1 aliphatic heterocycles. The van der Waals surface area contributed by atoms with Gasteiger partial charge in [0.15, 0.2) is 0 Å². The number of hydrogen-bond acceptors (Lipinski definition) is 4. The van der Waals surface area contributed by atoms with Crippen molar-refractivity contribution in [2.75, 3.05) is 6.61 Å². The topological polar surface area (TPSA) is 52.1 Å². The van der Waals surface area contributed by atoms with Crippen LogP contribution in [0, 0.1) is 11.8 Å². The van der Waals surface area contributed by atoms with E-state index in [4.69, 9.17) is 4.74 Å². The molecule has 1 fully saturated rings. The van der Waals surface area contributed by atoms with Crippen molar-refractivity contribution in [2.24, 2.45) is 11.8 Å². The Morgan fingerprint density at radius 1 is 1.53 bits per heavy atom. The second-order valence-corrected chi connectivity index (χ2v) is 3.86. The molecule has 0 aromatic carbocycles. The smallest absolute Gasteiger partial charge is 0.309 e. The van der Waals surface area contributed by atoms with E-state index in [0.717, 1.165) is 18.4 Å². The highest BCUT2D eigenvalue weighted by Crippen LogP contribution is 2.27. The summed E-state index contributed by atoms with van der Waals surface area (Å²) in [5.41, 5.74) is 1.12. The highest BCUT2D eigenvalue weighted by molar-refractivity contribution is 5.74. The summed E-state index contributed by atoms with van der Waals surface area (Å²) in [7, 11) is 0. The summed E-state index contributed by atoms with van der Waals surface area (Å²) < 4.78 is 5.07. The normalized spacial score (nSPS) is 25.3. The molecule has 2 heterocycles. The lowest BCUT2D eigenvalue weighted by atomic mass is 9.88. The van der Waals surface area contributed by atoms with Crippen LogP contribution >= 0.6 is 0 Å². The number of aromatic nitrogens is 2. The number of esters is 1. The Hall–Kier alpha value is -1.45. The van der Waals surface area contributed by atoms with Gasteiger partial charge in [-0.2, -0.15) is 10.2 Å². The predicted octanol–water partition coefficient (Wildman–Crippen LogP) is 1.22. The molecule has 2 rings (SSSR count). The number of carbonyl (C=O) groups excluding carboxylic acids is 1. The summed E-state index contributed by atoms with van der Waals surface area (Å²) in [6.07, 6.45) is 5.12. The van der Waals surface area contributed by atoms with Gasteiger partial charge in [0.2, 0.25) is 0 Å². The van der Waals surface area contributed by atoms with Crippen LogP contribution in [-0.4, -0.2) is 22.8 Å². The van der Waals surface area contributed by atoms with Gasteiger partial charge in [0.25, 0.3) is 0 Å². The van der Waals surface area contributed by atoms with Crippen LogP contribution in [0.15, 0.2) is 18.5 Å². The lowest BCUT2D eigenvalue weighted by molar-refractivity contribution is -0.141. The summed E-state index contributed by atoms with van der Waals surface area (Å²) >= 11 is 0. The molecular weight excluding hydrogens is 192 g/mol. The molecular formula is C11H14N2O2. The van der Waals surface area contributed by atoms with Crippen LogP contribution in [0.25, 0.3) is 0 Å². The maximum atomic E-state index is 11.4. The van der Waals surface area contributed by atoms with Gasteiger partial charge in [-0.05, 0) is 24.5 Å². The number of nitrogens with zero attached hydrogens (tertiary/aromatic N) is 2. The van der Waals surface area contributed by atoms with Crippen LogP contribution in [-0.2, 0) is 16.0 Å². The first-order valence-electron chi connectivity index (χ1n) is 5.23. The molecule has 0 saturated carbocycles. The van der Waals surface area contributed by atoms with Gasteiger partial charge in [-0.15, -0.1) is 0 Å². The first kappa shape index (κ1) is 10.1. The minimum atomic E-state index is -0.0514. The average molecular weight is 206 g/mol. The Morgan fingerprint density at radius 2 is 2.40 bits per heavy atom. The molecule has 0 spiro atoms. The van der Waals surface area contributed by atoms with Gasteiger partial charge in [0.1, 0.15) is 0 Å². The molecule has 1 aromatic heterocycles. The number of rotatable bonds is 3. The molecule has 2 atom stereocenters. The first-order chi connectivity index (χ1) is 7.31. The number of hydrogen-bond donors (Lipinski definition) is 0. The fraction of sp³-hybridized carbons (Fsp3) is 0.545. The Balaban J connectivity index is 2.04. The van der Waals surface area contributed by atoms with Crippen molar-refractivity contribution >= 4 is 5.97 Å². The first-order valence-corrected chi connectivity index (χ1v) is 5.23. The summed E-state index contributed by atoms with van der Waals surface area (Å²) in [4.78, 5) is 11.4. The molecule has 1 saturated heterocycles. The van der Waals surface area contributed by atoms with Gasteiger partial charge in [0, 0.05) is 12.1 Å². The van der Waals surface area contributed by atoms with Crippen molar-refractivity contribution in [3.8, 4) is 0 Å². The third kappa shape index (κ3) is 2.14. The maximum absolute atomic E-state index is 11.4. The summed E-state index contributed by atoms with van der Waals surface area (Å²) in [6.45, 7) is 2.56. The number of cyclic esters (lactones) is 1. The average Bonchev–Trinajstić information content (AvgIpc) is 2.61. The van der Waals surface area contributed by atoms with Gasteiger partial charge < -0.3 is 4.74 Å². The molecule has 0 aliphatic carbocycles. The lowest BCUT2D eigenvalue weighted by Gasteiger charge is -2.12. The summed E-state index contributed by atoms with van der Waals surface area (Å²) in [5.74, 6) is 0.300. The van der Waals surface area contributed by atoms with Crippen LogP contribution in [0.3, 0.4) is 0 Å². The van der Waals surface area contributed by atoms with Crippen LogP contribution < -0.4 is 0 Å². The summed E-state index contributed by atoms with van der Waals surface area (Å²) in [6, 6.07) is 1.93. The van der Waals surface area contributed by atoms with E-state index in [9.17, 15) is 4.79 Å². The van der Waals surface area contributed by atoms with Crippen LogP contribution in [0.5, 0.6) is 0 Å². The van der Waals surface area contributed by atoms with E-state index >= 15 is 0 Å². The van der Waals surface area contributed by atoms with Crippen molar-refractivity contribution in [2.45, 2.75) is 19.8 Å². The lowest BCUT2D eigenvalue weighted by Crippen LogP contribution is -2.17. The second kappa shape index (κ2) is 4.38. The van der Waals surface area contributed by atoms with Gasteiger partial charge in [-0.1, -0.05) is 6.92 Å². The van der Waals surface area contributed by atoms with Crippen LogP contribution in [0.4, 0.5) is 0 Å². The van der Waals surface area contributed by atoms with Gasteiger partial charge in [-0.25, -0.2) is 0 Å². The molecule has 0 radical (unpaired) electrons. The minimum Gasteiger partial charge on any atom is -0.465 e. The zero-order valence-electron chi connectivity index (χ0n) is 8.72. The van der Waals surface area contributed by atoms with Crippen molar-refractivity contribution in [3.05, 3.63) is 24.0 Å². The van der Waals surface area contributed by atoms with E-state index < -0.39 is 0 Å². The van der Waals surface area contributed by atoms with Crippen molar-refractivity contribution in [3.63, 3.8) is 0 Å². The second-order valence-electron chi connectivity index (χ2n) is 3.86. The number of ether oxygens (including phenoxy) is 1. The Morgan fingerprint density at radius 3 is 3.07 bits per heavy atom. The Labute approximate surface area is 88.7 Å². The standard InChI is InChI=1S/C11H14N2O2/c1-2-10-9(7-15-11(10)14)5-8-3-4-12-13-6-8/h3-4,6,9-10H,2,5,7H2,1H3. The quantitative estimate of drug-likeness (QED) is 0.698. The van der Waals surface area contributed by atoms with Crippen molar-refractivity contribution in [1.29, 1.82) is 0 Å².